The molecular formula is C15H14N4OS2. The van der Waals surface area contributed by atoms with E-state index in [0.717, 1.165) is 5.75 Å². The molecule has 0 aliphatic rings. The summed E-state index contributed by atoms with van der Waals surface area (Å²) in [6.07, 6.45) is 5.15. The third-order valence-corrected chi connectivity index (χ3v) is 4.88. The fourth-order valence-electron chi connectivity index (χ4n) is 1.90. The van der Waals surface area contributed by atoms with Crippen molar-refractivity contribution in [2.24, 2.45) is 0 Å². The van der Waals surface area contributed by atoms with E-state index in [9.17, 15) is 4.79 Å². The summed E-state index contributed by atoms with van der Waals surface area (Å²) in [5, 5.41) is 9.09. The van der Waals surface area contributed by atoms with Crippen molar-refractivity contribution in [1.29, 1.82) is 0 Å². The molecule has 0 saturated carbocycles. The minimum Gasteiger partial charge on any atom is -0.322 e. The SMILES string of the molecule is O=C(CSCc1cccs1)Nc1cccnc1-n1cccn1. The molecule has 0 fully saturated rings. The largest absolute Gasteiger partial charge is 0.322 e. The fraction of sp³-hybridized carbons (Fsp3) is 0.133. The highest BCUT2D eigenvalue weighted by Crippen LogP contribution is 2.19. The van der Waals surface area contributed by atoms with Crippen LogP contribution in [0.2, 0.25) is 0 Å². The van der Waals surface area contributed by atoms with Gasteiger partial charge in [0.1, 0.15) is 0 Å². The summed E-state index contributed by atoms with van der Waals surface area (Å²) in [4.78, 5) is 17.6. The van der Waals surface area contributed by atoms with Gasteiger partial charge >= 0.3 is 0 Å². The van der Waals surface area contributed by atoms with E-state index in [-0.39, 0.29) is 5.91 Å². The number of aromatic nitrogens is 3. The zero-order chi connectivity index (χ0) is 15.2. The Kier molecular flexibility index (Phi) is 4.87. The zero-order valence-electron chi connectivity index (χ0n) is 11.7. The summed E-state index contributed by atoms with van der Waals surface area (Å²) in [6.45, 7) is 0. The van der Waals surface area contributed by atoms with Gasteiger partial charge in [-0.15, -0.1) is 23.1 Å². The van der Waals surface area contributed by atoms with Gasteiger partial charge in [-0.2, -0.15) is 5.10 Å². The zero-order valence-corrected chi connectivity index (χ0v) is 13.3. The Morgan fingerprint density at radius 1 is 1.27 bits per heavy atom. The van der Waals surface area contributed by atoms with E-state index in [1.54, 1.807) is 52.4 Å². The van der Waals surface area contributed by atoms with E-state index in [0.29, 0.717) is 17.3 Å². The Morgan fingerprint density at radius 2 is 2.23 bits per heavy atom. The van der Waals surface area contributed by atoms with E-state index in [1.807, 2.05) is 23.6 Å². The van der Waals surface area contributed by atoms with Gasteiger partial charge in [0.2, 0.25) is 5.91 Å². The van der Waals surface area contributed by atoms with E-state index >= 15 is 0 Å². The minimum absolute atomic E-state index is 0.0389. The summed E-state index contributed by atoms with van der Waals surface area (Å²) in [7, 11) is 0. The van der Waals surface area contributed by atoms with Gasteiger partial charge in [-0.25, -0.2) is 9.67 Å². The van der Waals surface area contributed by atoms with Crippen LogP contribution in [-0.4, -0.2) is 26.4 Å². The molecule has 0 saturated heterocycles. The minimum atomic E-state index is -0.0389. The number of hydrogen-bond donors (Lipinski definition) is 1. The number of rotatable bonds is 6. The maximum absolute atomic E-state index is 12.1. The highest BCUT2D eigenvalue weighted by Gasteiger charge is 2.09. The molecule has 0 bridgehead atoms. The second kappa shape index (κ2) is 7.24. The molecule has 1 amide bonds. The molecule has 0 unspecified atom stereocenters. The molecule has 3 rings (SSSR count). The van der Waals surface area contributed by atoms with Crippen molar-refractivity contribution in [3.63, 3.8) is 0 Å². The summed E-state index contributed by atoms with van der Waals surface area (Å²) < 4.78 is 1.63. The lowest BCUT2D eigenvalue weighted by molar-refractivity contribution is -0.113. The number of thiophene rings is 1. The van der Waals surface area contributed by atoms with Crippen molar-refractivity contribution < 1.29 is 4.79 Å². The van der Waals surface area contributed by atoms with E-state index in [4.69, 9.17) is 0 Å². The van der Waals surface area contributed by atoms with Crippen LogP contribution in [0, 0.1) is 0 Å². The Balaban J connectivity index is 1.60. The number of thioether (sulfide) groups is 1. The standard InChI is InChI=1S/C15H14N4OS2/c20-14(11-21-10-12-4-2-9-22-12)18-13-5-1-6-16-15(13)19-8-3-7-17-19/h1-9H,10-11H2,(H,18,20). The molecule has 0 aromatic carbocycles. The fourth-order valence-corrected chi connectivity index (χ4v) is 3.56. The van der Waals surface area contributed by atoms with Gasteiger partial charge in [0.25, 0.3) is 0 Å². The van der Waals surface area contributed by atoms with Crippen LogP contribution in [0.3, 0.4) is 0 Å². The van der Waals surface area contributed by atoms with Crippen molar-refractivity contribution in [3.05, 3.63) is 59.2 Å². The molecule has 1 N–H and O–H groups in total. The average Bonchev–Trinajstić information content (AvgIpc) is 3.21. The molecule has 3 aromatic heterocycles. The Morgan fingerprint density at radius 3 is 3.00 bits per heavy atom. The van der Waals surface area contributed by atoms with Crippen molar-refractivity contribution >= 4 is 34.7 Å². The van der Waals surface area contributed by atoms with Crippen LogP contribution in [0.15, 0.2) is 54.3 Å². The first-order valence-corrected chi connectivity index (χ1v) is 8.71. The van der Waals surface area contributed by atoms with E-state index in [1.165, 1.54) is 4.88 Å². The summed E-state index contributed by atoms with van der Waals surface area (Å²) >= 11 is 3.30. The molecule has 0 spiro atoms. The Labute approximate surface area is 136 Å². The van der Waals surface area contributed by atoms with Gasteiger partial charge in [-0.1, -0.05) is 6.07 Å². The normalized spacial score (nSPS) is 10.5. The van der Waals surface area contributed by atoms with Gasteiger partial charge in [-0.05, 0) is 29.6 Å². The quantitative estimate of drug-likeness (QED) is 0.754. The monoisotopic (exact) mass is 330 g/mol. The first kappa shape index (κ1) is 14.8. The third-order valence-electron chi connectivity index (χ3n) is 2.84. The van der Waals surface area contributed by atoms with Gasteiger partial charge in [0, 0.05) is 29.2 Å². The number of hydrogen-bond acceptors (Lipinski definition) is 5. The van der Waals surface area contributed by atoms with Crippen LogP contribution >= 0.6 is 23.1 Å². The molecule has 112 valence electrons. The molecule has 0 radical (unpaired) electrons. The molecule has 22 heavy (non-hydrogen) atoms. The van der Waals surface area contributed by atoms with Crippen molar-refractivity contribution in [2.45, 2.75) is 5.75 Å². The van der Waals surface area contributed by atoms with Gasteiger partial charge in [-0.3, -0.25) is 4.79 Å². The second-order valence-corrected chi connectivity index (χ2v) is 6.46. The molecule has 7 heteroatoms. The van der Waals surface area contributed by atoms with Crippen LogP contribution in [0.1, 0.15) is 4.88 Å². The number of amides is 1. The van der Waals surface area contributed by atoms with Gasteiger partial charge in [0.15, 0.2) is 5.82 Å². The number of pyridine rings is 1. The number of carbonyl (C=O) groups excluding carboxylic acids is 1. The lowest BCUT2D eigenvalue weighted by atomic mass is 10.4. The molecule has 5 nitrogen and oxygen atoms in total. The van der Waals surface area contributed by atoms with Crippen molar-refractivity contribution in [1.82, 2.24) is 14.8 Å². The van der Waals surface area contributed by atoms with Crippen LogP contribution < -0.4 is 5.32 Å². The number of anilines is 1. The molecule has 0 atom stereocenters. The number of carbonyl (C=O) groups is 1. The van der Waals surface area contributed by atoms with Crippen molar-refractivity contribution in [3.8, 4) is 5.82 Å². The van der Waals surface area contributed by atoms with E-state index in [2.05, 4.69) is 21.5 Å². The van der Waals surface area contributed by atoms with Gasteiger partial charge < -0.3 is 5.32 Å². The summed E-state index contributed by atoms with van der Waals surface area (Å²) in [6, 6.07) is 9.53. The van der Waals surface area contributed by atoms with Crippen LogP contribution in [0.5, 0.6) is 0 Å². The summed E-state index contributed by atoms with van der Waals surface area (Å²) in [5.74, 6) is 1.84. The topological polar surface area (TPSA) is 59.8 Å². The highest BCUT2D eigenvalue weighted by molar-refractivity contribution is 7.99. The predicted molar refractivity (Wildman–Crippen MR) is 90.5 cm³/mol. The smallest absolute Gasteiger partial charge is 0.234 e. The van der Waals surface area contributed by atoms with E-state index < -0.39 is 0 Å². The average molecular weight is 330 g/mol. The highest BCUT2D eigenvalue weighted by atomic mass is 32.2. The van der Waals surface area contributed by atoms with Crippen LogP contribution in [0.25, 0.3) is 5.82 Å². The first-order valence-electron chi connectivity index (χ1n) is 6.68. The Hall–Kier alpha value is -2.12. The lowest BCUT2D eigenvalue weighted by Crippen LogP contribution is -2.16. The molecule has 3 heterocycles. The maximum Gasteiger partial charge on any atom is 0.234 e. The van der Waals surface area contributed by atoms with Crippen LogP contribution in [-0.2, 0) is 10.5 Å². The molecular weight excluding hydrogens is 316 g/mol. The molecule has 3 aromatic rings. The lowest BCUT2D eigenvalue weighted by Gasteiger charge is -2.09. The molecule has 0 aliphatic carbocycles. The Bertz CT molecular complexity index is 726. The first-order chi connectivity index (χ1) is 10.8. The summed E-state index contributed by atoms with van der Waals surface area (Å²) in [5.41, 5.74) is 0.660. The second-order valence-electron chi connectivity index (χ2n) is 4.45. The van der Waals surface area contributed by atoms with Crippen LogP contribution in [0.4, 0.5) is 5.69 Å². The maximum atomic E-state index is 12.1. The predicted octanol–water partition coefficient (Wildman–Crippen LogP) is 3.20. The van der Waals surface area contributed by atoms with Crippen molar-refractivity contribution in [2.75, 3.05) is 11.1 Å². The molecule has 0 aliphatic heterocycles. The number of nitrogens with zero attached hydrogens (tertiary/aromatic N) is 3. The number of nitrogens with one attached hydrogen (secondary N) is 1. The van der Waals surface area contributed by atoms with Gasteiger partial charge in [0.05, 0.1) is 11.4 Å². The third kappa shape index (κ3) is 3.75.